The predicted octanol–water partition coefficient (Wildman–Crippen LogP) is 3.06. The Kier molecular flexibility index (Phi) is 3.36. The molecule has 1 atom stereocenters. The van der Waals surface area contributed by atoms with Crippen LogP contribution in [0.4, 0.5) is 8.78 Å². The van der Waals surface area contributed by atoms with Crippen LogP contribution in [0, 0.1) is 11.6 Å². The Labute approximate surface area is 102 Å². The number of rotatable bonds is 2. The number of pyridine rings is 1. The molecular formula is C12H9ClF2N2. The zero-order valence-corrected chi connectivity index (χ0v) is 9.46. The summed E-state index contributed by atoms with van der Waals surface area (Å²) in [6.45, 7) is 0. The molecule has 0 spiro atoms. The van der Waals surface area contributed by atoms with E-state index >= 15 is 0 Å². The predicted molar refractivity (Wildman–Crippen MR) is 61.6 cm³/mol. The molecule has 0 saturated heterocycles. The minimum Gasteiger partial charge on any atom is -0.319 e. The molecule has 0 amide bonds. The molecule has 2 N–H and O–H groups in total. The zero-order chi connectivity index (χ0) is 12.4. The van der Waals surface area contributed by atoms with Gasteiger partial charge in [0.1, 0.15) is 0 Å². The maximum absolute atomic E-state index is 13.1. The maximum atomic E-state index is 13.1. The summed E-state index contributed by atoms with van der Waals surface area (Å²) in [5.74, 6) is -1.85. The van der Waals surface area contributed by atoms with Crippen molar-refractivity contribution in [1.82, 2.24) is 4.98 Å². The Morgan fingerprint density at radius 1 is 1.18 bits per heavy atom. The van der Waals surface area contributed by atoms with Crippen molar-refractivity contribution in [3.63, 3.8) is 0 Å². The molecule has 0 aliphatic rings. The van der Waals surface area contributed by atoms with Crippen LogP contribution >= 0.6 is 11.6 Å². The molecule has 2 nitrogen and oxygen atoms in total. The summed E-state index contributed by atoms with van der Waals surface area (Å²) < 4.78 is 25.9. The quantitative estimate of drug-likeness (QED) is 0.895. The highest BCUT2D eigenvalue weighted by Crippen LogP contribution is 2.25. The van der Waals surface area contributed by atoms with Gasteiger partial charge in [0.05, 0.1) is 16.8 Å². The number of aromatic nitrogens is 1. The Morgan fingerprint density at radius 2 is 1.94 bits per heavy atom. The van der Waals surface area contributed by atoms with Gasteiger partial charge in [-0.05, 0) is 29.8 Å². The molecule has 0 radical (unpaired) electrons. The highest BCUT2D eigenvalue weighted by molar-refractivity contribution is 6.31. The fourth-order valence-corrected chi connectivity index (χ4v) is 1.73. The lowest BCUT2D eigenvalue weighted by atomic mass is 10.0. The molecule has 1 unspecified atom stereocenters. The monoisotopic (exact) mass is 254 g/mol. The van der Waals surface area contributed by atoms with E-state index < -0.39 is 17.7 Å². The van der Waals surface area contributed by atoms with Crippen molar-refractivity contribution in [1.29, 1.82) is 0 Å². The first-order valence-electron chi connectivity index (χ1n) is 4.90. The molecule has 1 aromatic carbocycles. The van der Waals surface area contributed by atoms with Gasteiger partial charge in [-0.1, -0.05) is 17.7 Å². The van der Waals surface area contributed by atoms with Gasteiger partial charge in [-0.25, -0.2) is 8.78 Å². The second kappa shape index (κ2) is 4.77. The summed E-state index contributed by atoms with van der Waals surface area (Å²) in [5, 5.41) is 0.393. The van der Waals surface area contributed by atoms with Crippen LogP contribution in [0.25, 0.3) is 0 Å². The average molecular weight is 255 g/mol. The van der Waals surface area contributed by atoms with Crippen LogP contribution in [0.15, 0.2) is 36.5 Å². The van der Waals surface area contributed by atoms with Crippen molar-refractivity contribution in [2.45, 2.75) is 6.04 Å². The standard InChI is InChI=1S/C12H9ClF2N2/c13-8-2-1-5-17-12(8)11(16)7-3-4-9(14)10(15)6-7/h1-6,11H,16H2. The van der Waals surface area contributed by atoms with E-state index in [1.807, 2.05) is 0 Å². The van der Waals surface area contributed by atoms with Crippen LogP contribution < -0.4 is 5.73 Å². The van der Waals surface area contributed by atoms with Gasteiger partial charge in [-0.3, -0.25) is 4.98 Å². The van der Waals surface area contributed by atoms with Crippen LogP contribution in [-0.2, 0) is 0 Å². The Morgan fingerprint density at radius 3 is 2.59 bits per heavy atom. The second-order valence-corrected chi connectivity index (χ2v) is 3.93. The molecule has 0 aliphatic carbocycles. The molecule has 1 aromatic heterocycles. The second-order valence-electron chi connectivity index (χ2n) is 3.52. The molecule has 1 heterocycles. The van der Waals surface area contributed by atoms with E-state index in [1.54, 1.807) is 18.3 Å². The van der Waals surface area contributed by atoms with E-state index in [0.29, 0.717) is 16.3 Å². The summed E-state index contributed by atoms with van der Waals surface area (Å²) >= 11 is 5.93. The summed E-state index contributed by atoms with van der Waals surface area (Å²) in [6, 6.07) is 6.12. The van der Waals surface area contributed by atoms with Crippen LogP contribution in [0.1, 0.15) is 17.3 Å². The van der Waals surface area contributed by atoms with E-state index in [2.05, 4.69) is 4.98 Å². The van der Waals surface area contributed by atoms with Gasteiger partial charge in [-0.15, -0.1) is 0 Å². The third kappa shape index (κ3) is 2.43. The third-order valence-corrected chi connectivity index (χ3v) is 2.70. The van der Waals surface area contributed by atoms with Gasteiger partial charge in [0.2, 0.25) is 0 Å². The molecule has 17 heavy (non-hydrogen) atoms. The first-order chi connectivity index (χ1) is 8.09. The number of hydrogen-bond acceptors (Lipinski definition) is 2. The Hall–Kier alpha value is -1.52. The van der Waals surface area contributed by atoms with Gasteiger partial charge in [0.25, 0.3) is 0 Å². The Balaban J connectivity index is 2.40. The molecule has 0 bridgehead atoms. The van der Waals surface area contributed by atoms with Crippen LogP contribution in [0.2, 0.25) is 5.02 Å². The van der Waals surface area contributed by atoms with E-state index in [1.165, 1.54) is 6.07 Å². The lowest BCUT2D eigenvalue weighted by Crippen LogP contribution is -2.14. The fraction of sp³-hybridized carbons (Fsp3) is 0.0833. The number of nitrogens with two attached hydrogens (primary N) is 1. The van der Waals surface area contributed by atoms with E-state index in [9.17, 15) is 8.78 Å². The summed E-state index contributed by atoms with van der Waals surface area (Å²) in [5.41, 5.74) is 6.75. The van der Waals surface area contributed by atoms with Gasteiger partial charge in [-0.2, -0.15) is 0 Å². The number of nitrogens with zero attached hydrogens (tertiary/aromatic N) is 1. The van der Waals surface area contributed by atoms with Crippen molar-refractivity contribution in [3.8, 4) is 0 Å². The maximum Gasteiger partial charge on any atom is 0.159 e. The highest BCUT2D eigenvalue weighted by Gasteiger charge is 2.15. The molecule has 88 valence electrons. The molecule has 2 aromatic rings. The third-order valence-electron chi connectivity index (χ3n) is 2.38. The smallest absolute Gasteiger partial charge is 0.159 e. The largest absolute Gasteiger partial charge is 0.319 e. The molecule has 2 rings (SSSR count). The van der Waals surface area contributed by atoms with Gasteiger partial charge in [0, 0.05) is 6.20 Å². The minimum atomic E-state index is -0.940. The first kappa shape index (κ1) is 12.0. The number of hydrogen-bond donors (Lipinski definition) is 1. The van der Waals surface area contributed by atoms with E-state index in [0.717, 1.165) is 12.1 Å². The topological polar surface area (TPSA) is 38.9 Å². The van der Waals surface area contributed by atoms with Crippen molar-refractivity contribution in [2.75, 3.05) is 0 Å². The van der Waals surface area contributed by atoms with Crippen molar-refractivity contribution >= 4 is 11.6 Å². The highest BCUT2D eigenvalue weighted by atomic mass is 35.5. The van der Waals surface area contributed by atoms with Crippen LogP contribution in [0.5, 0.6) is 0 Å². The molecule has 0 saturated carbocycles. The normalized spacial score (nSPS) is 12.5. The minimum absolute atomic E-state index is 0.393. The molecular weight excluding hydrogens is 246 g/mol. The SMILES string of the molecule is NC(c1ccc(F)c(F)c1)c1ncccc1Cl. The summed E-state index contributed by atoms with van der Waals surface area (Å²) in [7, 11) is 0. The van der Waals surface area contributed by atoms with E-state index in [4.69, 9.17) is 17.3 Å². The zero-order valence-electron chi connectivity index (χ0n) is 8.70. The summed E-state index contributed by atoms with van der Waals surface area (Å²) in [6.07, 6.45) is 1.54. The number of benzene rings is 1. The Bertz CT molecular complexity index is 546. The van der Waals surface area contributed by atoms with Crippen LogP contribution in [-0.4, -0.2) is 4.98 Å². The van der Waals surface area contributed by atoms with Crippen molar-refractivity contribution in [2.24, 2.45) is 5.73 Å². The fourth-order valence-electron chi connectivity index (χ4n) is 1.49. The molecule has 0 fully saturated rings. The summed E-state index contributed by atoms with van der Waals surface area (Å²) in [4.78, 5) is 4.03. The average Bonchev–Trinajstić information content (AvgIpc) is 2.32. The molecule has 0 aliphatic heterocycles. The van der Waals surface area contributed by atoms with Crippen LogP contribution in [0.3, 0.4) is 0 Å². The van der Waals surface area contributed by atoms with Gasteiger partial charge < -0.3 is 5.73 Å². The van der Waals surface area contributed by atoms with Crippen molar-refractivity contribution in [3.05, 3.63) is 64.4 Å². The molecule has 5 heteroatoms. The van der Waals surface area contributed by atoms with Gasteiger partial charge >= 0.3 is 0 Å². The lowest BCUT2D eigenvalue weighted by molar-refractivity contribution is 0.506. The number of halogens is 3. The van der Waals surface area contributed by atoms with Crippen molar-refractivity contribution < 1.29 is 8.78 Å². The van der Waals surface area contributed by atoms with Gasteiger partial charge in [0.15, 0.2) is 11.6 Å². The lowest BCUT2D eigenvalue weighted by Gasteiger charge is -2.13. The first-order valence-corrected chi connectivity index (χ1v) is 5.28. The van der Waals surface area contributed by atoms with E-state index in [-0.39, 0.29) is 0 Å².